The van der Waals surface area contributed by atoms with Gasteiger partial charge in [-0.3, -0.25) is 4.79 Å². The zero-order chi connectivity index (χ0) is 20.2. The molecule has 6 heteroatoms. The van der Waals surface area contributed by atoms with E-state index in [-0.39, 0.29) is 24.1 Å². The molecule has 5 nitrogen and oxygen atoms in total. The molecule has 1 saturated heterocycles. The van der Waals surface area contributed by atoms with Crippen molar-refractivity contribution in [1.29, 1.82) is 0 Å². The van der Waals surface area contributed by atoms with Gasteiger partial charge in [0.1, 0.15) is 18.2 Å². The summed E-state index contributed by atoms with van der Waals surface area (Å²) in [5.74, 6) is -0.356. The quantitative estimate of drug-likeness (QED) is 0.591. The molecule has 2 aromatic carbocycles. The Morgan fingerprint density at radius 3 is 2.31 bits per heavy atom. The zero-order valence-electron chi connectivity index (χ0n) is 15.8. The molecule has 0 saturated carbocycles. The summed E-state index contributed by atoms with van der Waals surface area (Å²) in [4.78, 5) is 26.4. The van der Waals surface area contributed by atoms with Crippen molar-refractivity contribution in [3.63, 3.8) is 0 Å². The van der Waals surface area contributed by atoms with Crippen molar-refractivity contribution in [1.82, 2.24) is 4.90 Å². The Bertz CT molecular complexity index is 1000. The van der Waals surface area contributed by atoms with E-state index < -0.39 is 5.97 Å². The minimum absolute atomic E-state index is 0.0370. The molecule has 3 aromatic rings. The summed E-state index contributed by atoms with van der Waals surface area (Å²) in [6.07, 6.45) is 2.10. The lowest BCUT2D eigenvalue weighted by Gasteiger charge is -2.15. The SMILES string of the molecule is O=C(OCc1ccc(C(=O)N2CCCC2)cc1)c1ccc(-c2ccc(F)cc2)o1. The molecule has 1 aromatic heterocycles. The van der Waals surface area contributed by atoms with Crippen LogP contribution in [0, 0.1) is 5.82 Å². The lowest BCUT2D eigenvalue weighted by atomic mass is 10.1. The number of rotatable bonds is 5. The minimum Gasteiger partial charge on any atom is -0.455 e. The zero-order valence-corrected chi connectivity index (χ0v) is 15.8. The van der Waals surface area contributed by atoms with Crippen LogP contribution in [0.1, 0.15) is 39.3 Å². The number of carbonyl (C=O) groups is 2. The number of carbonyl (C=O) groups excluding carboxylic acids is 2. The van der Waals surface area contributed by atoms with Gasteiger partial charge in [-0.1, -0.05) is 12.1 Å². The van der Waals surface area contributed by atoms with Crippen molar-refractivity contribution in [3.8, 4) is 11.3 Å². The number of amides is 1. The van der Waals surface area contributed by atoms with Gasteiger partial charge in [0.15, 0.2) is 0 Å². The van der Waals surface area contributed by atoms with Crippen LogP contribution in [0.15, 0.2) is 65.1 Å². The van der Waals surface area contributed by atoms with E-state index in [1.807, 2.05) is 4.90 Å². The predicted octanol–water partition coefficient (Wildman–Crippen LogP) is 4.68. The number of hydrogen-bond acceptors (Lipinski definition) is 4. The third-order valence-electron chi connectivity index (χ3n) is 4.90. The highest BCUT2D eigenvalue weighted by Gasteiger charge is 2.19. The maximum absolute atomic E-state index is 13.0. The van der Waals surface area contributed by atoms with Crippen LogP contribution in [-0.4, -0.2) is 29.9 Å². The molecule has 0 aliphatic carbocycles. The molecular weight excluding hydrogens is 373 g/mol. The van der Waals surface area contributed by atoms with E-state index in [1.165, 1.54) is 18.2 Å². The summed E-state index contributed by atoms with van der Waals surface area (Å²) in [7, 11) is 0. The molecule has 0 bridgehead atoms. The number of hydrogen-bond donors (Lipinski definition) is 0. The molecule has 2 heterocycles. The molecule has 4 rings (SSSR count). The average molecular weight is 393 g/mol. The van der Waals surface area contributed by atoms with E-state index in [0.717, 1.165) is 31.5 Å². The molecule has 1 aliphatic heterocycles. The third kappa shape index (κ3) is 4.37. The first-order chi connectivity index (χ1) is 14.1. The van der Waals surface area contributed by atoms with Crippen LogP contribution in [0.4, 0.5) is 4.39 Å². The number of halogens is 1. The lowest BCUT2D eigenvalue weighted by molar-refractivity contribution is 0.0437. The molecule has 1 aliphatic rings. The van der Waals surface area contributed by atoms with Crippen LogP contribution in [0.2, 0.25) is 0 Å². The van der Waals surface area contributed by atoms with E-state index in [0.29, 0.717) is 16.9 Å². The largest absolute Gasteiger partial charge is 0.455 e. The number of esters is 1. The molecule has 148 valence electrons. The van der Waals surface area contributed by atoms with Gasteiger partial charge in [-0.2, -0.15) is 0 Å². The Hall–Kier alpha value is -3.41. The highest BCUT2D eigenvalue weighted by atomic mass is 19.1. The first kappa shape index (κ1) is 18.9. The fraction of sp³-hybridized carbons (Fsp3) is 0.217. The first-order valence-electron chi connectivity index (χ1n) is 9.51. The number of nitrogens with zero attached hydrogens (tertiary/aromatic N) is 1. The molecule has 1 fully saturated rings. The van der Waals surface area contributed by atoms with Gasteiger partial charge in [0, 0.05) is 24.2 Å². The molecule has 0 spiro atoms. The Balaban J connectivity index is 1.35. The van der Waals surface area contributed by atoms with Gasteiger partial charge < -0.3 is 14.1 Å². The van der Waals surface area contributed by atoms with Crippen LogP contribution in [0.5, 0.6) is 0 Å². The van der Waals surface area contributed by atoms with Gasteiger partial charge in [0.05, 0.1) is 0 Å². The number of furan rings is 1. The van der Waals surface area contributed by atoms with E-state index in [9.17, 15) is 14.0 Å². The molecular formula is C23H20FNO4. The fourth-order valence-corrected chi connectivity index (χ4v) is 3.28. The lowest BCUT2D eigenvalue weighted by Crippen LogP contribution is -2.27. The molecule has 0 radical (unpaired) electrons. The number of benzene rings is 2. The Kier molecular flexibility index (Phi) is 5.42. The first-order valence-corrected chi connectivity index (χ1v) is 9.51. The second-order valence-electron chi connectivity index (χ2n) is 6.94. The Morgan fingerprint density at radius 1 is 0.931 bits per heavy atom. The summed E-state index contributed by atoms with van der Waals surface area (Å²) < 4.78 is 23.8. The van der Waals surface area contributed by atoms with Gasteiger partial charge in [-0.25, -0.2) is 9.18 Å². The van der Waals surface area contributed by atoms with E-state index in [4.69, 9.17) is 9.15 Å². The van der Waals surface area contributed by atoms with Gasteiger partial charge in [0.25, 0.3) is 5.91 Å². The van der Waals surface area contributed by atoms with Crippen molar-refractivity contribution in [2.45, 2.75) is 19.4 Å². The van der Waals surface area contributed by atoms with Crippen molar-refractivity contribution in [2.75, 3.05) is 13.1 Å². The summed E-state index contributed by atoms with van der Waals surface area (Å²) in [5.41, 5.74) is 2.09. The fourth-order valence-electron chi connectivity index (χ4n) is 3.28. The van der Waals surface area contributed by atoms with Gasteiger partial charge in [-0.05, 0) is 66.9 Å². The van der Waals surface area contributed by atoms with Gasteiger partial charge in [-0.15, -0.1) is 0 Å². The summed E-state index contributed by atoms with van der Waals surface area (Å²) >= 11 is 0. The Labute approximate surface area is 167 Å². The average Bonchev–Trinajstić information content (AvgIpc) is 3.45. The minimum atomic E-state index is -0.587. The van der Waals surface area contributed by atoms with E-state index in [1.54, 1.807) is 42.5 Å². The van der Waals surface area contributed by atoms with Crippen molar-refractivity contribution >= 4 is 11.9 Å². The van der Waals surface area contributed by atoms with Crippen molar-refractivity contribution in [2.24, 2.45) is 0 Å². The summed E-state index contributed by atoms with van der Waals surface area (Å²) in [6, 6.07) is 16.0. The number of ether oxygens (including phenoxy) is 1. The number of likely N-dealkylation sites (tertiary alicyclic amines) is 1. The smallest absolute Gasteiger partial charge is 0.374 e. The molecule has 0 unspecified atom stereocenters. The summed E-state index contributed by atoms with van der Waals surface area (Å²) in [6.45, 7) is 1.69. The van der Waals surface area contributed by atoms with Crippen LogP contribution in [-0.2, 0) is 11.3 Å². The molecule has 29 heavy (non-hydrogen) atoms. The maximum atomic E-state index is 13.0. The van der Waals surface area contributed by atoms with Crippen LogP contribution in [0.25, 0.3) is 11.3 Å². The summed E-state index contributed by atoms with van der Waals surface area (Å²) in [5, 5.41) is 0. The maximum Gasteiger partial charge on any atom is 0.374 e. The molecule has 0 N–H and O–H groups in total. The topological polar surface area (TPSA) is 59.8 Å². The van der Waals surface area contributed by atoms with Crippen molar-refractivity contribution in [3.05, 3.63) is 83.4 Å². The van der Waals surface area contributed by atoms with E-state index in [2.05, 4.69) is 0 Å². The van der Waals surface area contributed by atoms with Crippen LogP contribution >= 0.6 is 0 Å². The second kappa shape index (κ2) is 8.31. The highest BCUT2D eigenvalue weighted by Crippen LogP contribution is 2.23. The second-order valence-corrected chi connectivity index (χ2v) is 6.94. The normalized spacial score (nSPS) is 13.5. The Morgan fingerprint density at radius 2 is 1.62 bits per heavy atom. The standard InChI is InChI=1S/C23H20FNO4/c24-19-9-7-17(8-10-19)20-11-12-21(29-20)23(27)28-15-16-3-5-18(6-4-16)22(26)25-13-1-2-14-25/h3-12H,1-2,13-15H2. The van der Waals surface area contributed by atoms with E-state index >= 15 is 0 Å². The third-order valence-corrected chi connectivity index (χ3v) is 4.90. The monoisotopic (exact) mass is 393 g/mol. The van der Waals surface area contributed by atoms with Crippen LogP contribution in [0.3, 0.4) is 0 Å². The molecule has 1 amide bonds. The molecule has 0 atom stereocenters. The predicted molar refractivity (Wildman–Crippen MR) is 105 cm³/mol. The van der Waals surface area contributed by atoms with Gasteiger partial charge in [0.2, 0.25) is 5.76 Å². The van der Waals surface area contributed by atoms with Crippen LogP contribution < -0.4 is 0 Å². The highest BCUT2D eigenvalue weighted by molar-refractivity contribution is 5.94. The van der Waals surface area contributed by atoms with Gasteiger partial charge >= 0.3 is 5.97 Å². The van der Waals surface area contributed by atoms with Crippen molar-refractivity contribution < 1.29 is 23.1 Å².